The first-order valence-corrected chi connectivity index (χ1v) is 6.34. The molecule has 0 atom stereocenters. The smallest absolute Gasteiger partial charge is 0.200 e. The second-order valence-electron chi connectivity index (χ2n) is 4.60. The zero-order valence-electron chi connectivity index (χ0n) is 11.7. The minimum Gasteiger partial charge on any atom is -0.496 e. The van der Waals surface area contributed by atoms with E-state index >= 15 is 0 Å². The number of benzene rings is 1. The van der Waals surface area contributed by atoms with Gasteiger partial charge in [0.05, 0.1) is 24.5 Å². The topological polar surface area (TPSA) is 39.4 Å². The van der Waals surface area contributed by atoms with Gasteiger partial charge in [0.15, 0.2) is 0 Å². The highest BCUT2D eigenvalue weighted by Crippen LogP contribution is 2.28. The van der Waals surface area contributed by atoms with Crippen LogP contribution < -0.4 is 4.74 Å². The lowest BCUT2D eigenvalue weighted by molar-refractivity contribution is 0.103. The van der Waals surface area contributed by atoms with Crippen molar-refractivity contribution >= 4 is 5.78 Å². The Balaban J connectivity index is 2.56. The van der Waals surface area contributed by atoms with E-state index in [0.29, 0.717) is 29.1 Å². The zero-order chi connectivity index (χ0) is 14.0. The van der Waals surface area contributed by atoms with Crippen LogP contribution in [-0.4, -0.2) is 12.9 Å². The van der Waals surface area contributed by atoms with Crippen LogP contribution >= 0.6 is 0 Å². The van der Waals surface area contributed by atoms with E-state index in [0.717, 1.165) is 11.1 Å². The van der Waals surface area contributed by atoms with Crippen LogP contribution in [0, 0.1) is 13.8 Å². The molecular weight excluding hydrogens is 240 g/mol. The van der Waals surface area contributed by atoms with Gasteiger partial charge < -0.3 is 9.15 Å². The van der Waals surface area contributed by atoms with Crippen molar-refractivity contribution in [3.63, 3.8) is 0 Å². The molecule has 0 unspecified atom stereocenters. The summed E-state index contributed by atoms with van der Waals surface area (Å²) in [7, 11) is 1.58. The molecule has 0 aliphatic heterocycles. The third kappa shape index (κ3) is 2.41. The summed E-state index contributed by atoms with van der Waals surface area (Å²) in [5.74, 6) is 1.29. The fourth-order valence-electron chi connectivity index (χ4n) is 2.33. The highest BCUT2D eigenvalue weighted by molar-refractivity contribution is 6.12. The van der Waals surface area contributed by atoms with Crippen molar-refractivity contribution in [1.82, 2.24) is 0 Å². The highest BCUT2D eigenvalue weighted by atomic mass is 16.5. The van der Waals surface area contributed by atoms with E-state index in [-0.39, 0.29) is 5.78 Å². The summed E-state index contributed by atoms with van der Waals surface area (Å²) in [5.41, 5.74) is 3.23. The minimum atomic E-state index is -0.0417. The van der Waals surface area contributed by atoms with Gasteiger partial charge in [-0.3, -0.25) is 4.79 Å². The molecule has 1 aromatic heterocycles. The quantitative estimate of drug-likeness (QED) is 0.785. The van der Waals surface area contributed by atoms with E-state index in [1.807, 2.05) is 32.9 Å². The molecule has 1 heterocycles. The molecule has 0 aliphatic rings. The van der Waals surface area contributed by atoms with Gasteiger partial charge in [-0.1, -0.05) is 13.0 Å². The maximum absolute atomic E-state index is 12.7. The lowest BCUT2D eigenvalue weighted by Gasteiger charge is -2.12. The van der Waals surface area contributed by atoms with Crippen LogP contribution in [0.4, 0.5) is 0 Å². The van der Waals surface area contributed by atoms with E-state index < -0.39 is 0 Å². The van der Waals surface area contributed by atoms with Gasteiger partial charge in [-0.2, -0.15) is 0 Å². The molecule has 100 valence electrons. The third-order valence-electron chi connectivity index (χ3n) is 3.20. The fourth-order valence-corrected chi connectivity index (χ4v) is 2.33. The van der Waals surface area contributed by atoms with E-state index in [9.17, 15) is 4.79 Å². The first-order valence-electron chi connectivity index (χ1n) is 6.34. The van der Waals surface area contributed by atoms with Gasteiger partial charge >= 0.3 is 0 Å². The summed E-state index contributed by atoms with van der Waals surface area (Å²) < 4.78 is 10.7. The number of ketones is 1. The van der Waals surface area contributed by atoms with Gasteiger partial charge in [-0.25, -0.2) is 0 Å². The summed E-state index contributed by atoms with van der Waals surface area (Å²) in [6.07, 6.45) is 2.25. The van der Waals surface area contributed by atoms with Gasteiger partial charge in [0.2, 0.25) is 5.78 Å². The standard InChI is InChI=1S/C16H18O3/c1-5-13-12(6-7-19-13)16(17)15-11(3)8-10(2)9-14(15)18-4/h6-9H,5H2,1-4H3. The summed E-state index contributed by atoms with van der Waals surface area (Å²) in [4.78, 5) is 12.7. The minimum absolute atomic E-state index is 0.0417. The molecular formula is C16H18O3. The number of carbonyl (C=O) groups excluding carboxylic acids is 1. The van der Waals surface area contributed by atoms with Crippen LogP contribution in [0.15, 0.2) is 28.9 Å². The molecule has 3 nitrogen and oxygen atoms in total. The molecule has 2 rings (SSSR count). The molecule has 0 saturated carbocycles. The largest absolute Gasteiger partial charge is 0.496 e. The average Bonchev–Trinajstić information content (AvgIpc) is 2.85. The van der Waals surface area contributed by atoms with Gasteiger partial charge in [-0.15, -0.1) is 0 Å². The molecule has 0 bridgehead atoms. The van der Waals surface area contributed by atoms with E-state index in [4.69, 9.17) is 9.15 Å². The van der Waals surface area contributed by atoms with Crippen molar-refractivity contribution in [2.24, 2.45) is 0 Å². The Kier molecular flexibility index (Phi) is 3.74. The highest BCUT2D eigenvalue weighted by Gasteiger charge is 2.21. The Bertz CT molecular complexity index is 608. The van der Waals surface area contributed by atoms with Crippen LogP contribution in [0.5, 0.6) is 5.75 Å². The van der Waals surface area contributed by atoms with Gasteiger partial charge in [0.1, 0.15) is 11.5 Å². The van der Waals surface area contributed by atoms with Gasteiger partial charge in [-0.05, 0) is 37.1 Å². The Hall–Kier alpha value is -2.03. The normalized spacial score (nSPS) is 10.5. The Morgan fingerprint density at radius 3 is 2.68 bits per heavy atom. The van der Waals surface area contributed by atoms with Gasteiger partial charge in [0, 0.05) is 6.42 Å². The fraction of sp³-hybridized carbons (Fsp3) is 0.312. The molecule has 2 aromatic rings. The molecule has 1 aromatic carbocycles. The van der Waals surface area contributed by atoms with Crippen LogP contribution in [-0.2, 0) is 6.42 Å². The molecule has 0 radical (unpaired) electrons. The second kappa shape index (κ2) is 5.31. The predicted molar refractivity (Wildman–Crippen MR) is 74.0 cm³/mol. The van der Waals surface area contributed by atoms with Crippen molar-refractivity contribution < 1.29 is 13.9 Å². The van der Waals surface area contributed by atoms with Crippen molar-refractivity contribution in [2.45, 2.75) is 27.2 Å². The van der Waals surface area contributed by atoms with E-state index in [1.165, 1.54) is 0 Å². The van der Waals surface area contributed by atoms with Crippen molar-refractivity contribution in [2.75, 3.05) is 7.11 Å². The predicted octanol–water partition coefficient (Wildman–Crippen LogP) is 3.70. The molecule has 3 heteroatoms. The van der Waals surface area contributed by atoms with E-state index in [2.05, 4.69) is 0 Å². The average molecular weight is 258 g/mol. The number of hydrogen-bond donors (Lipinski definition) is 0. The van der Waals surface area contributed by atoms with E-state index in [1.54, 1.807) is 19.4 Å². The summed E-state index contributed by atoms with van der Waals surface area (Å²) in [6.45, 7) is 5.88. The molecule has 0 N–H and O–H groups in total. The number of methoxy groups -OCH3 is 1. The van der Waals surface area contributed by atoms with Crippen molar-refractivity contribution in [1.29, 1.82) is 0 Å². The monoisotopic (exact) mass is 258 g/mol. The lowest BCUT2D eigenvalue weighted by Crippen LogP contribution is -2.08. The molecule has 0 fully saturated rings. The Labute approximate surface area is 113 Å². The van der Waals surface area contributed by atoms with Crippen LogP contribution in [0.25, 0.3) is 0 Å². The van der Waals surface area contributed by atoms with Crippen molar-refractivity contribution in [3.05, 3.63) is 52.5 Å². The molecule has 0 amide bonds. The molecule has 19 heavy (non-hydrogen) atoms. The number of aryl methyl sites for hydroxylation is 3. The first-order chi connectivity index (χ1) is 9.08. The SMILES string of the molecule is CCc1occc1C(=O)c1c(C)cc(C)cc1OC. The maximum Gasteiger partial charge on any atom is 0.200 e. The van der Waals surface area contributed by atoms with Crippen LogP contribution in [0.1, 0.15) is 39.7 Å². The Morgan fingerprint density at radius 1 is 1.32 bits per heavy atom. The summed E-state index contributed by atoms with van der Waals surface area (Å²) >= 11 is 0. The summed E-state index contributed by atoms with van der Waals surface area (Å²) in [6, 6.07) is 5.59. The Morgan fingerprint density at radius 2 is 2.05 bits per heavy atom. The van der Waals surface area contributed by atoms with Crippen LogP contribution in [0.2, 0.25) is 0 Å². The summed E-state index contributed by atoms with van der Waals surface area (Å²) in [5, 5.41) is 0. The third-order valence-corrected chi connectivity index (χ3v) is 3.20. The molecule has 0 aliphatic carbocycles. The first kappa shape index (κ1) is 13.4. The van der Waals surface area contributed by atoms with Crippen molar-refractivity contribution in [3.8, 4) is 5.75 Å². The number of hydrogen-bond acceptors (Lipinski definition) is 3. The second-order valence-corrected chi connectivity index (χ2v) is 4.60. The molecule has 0 saturated heterocycles. The maximum atomic E-state index is 12.7. The van der Waals surface area contributed by atoms with Crippen LogP contribution in [0.3, 0.4) is 0 Å². The molecule has 0 spiro atoms. The number of carbonyl (C=O) groups is 1. The lowest BCUT2D eigenvalue weighted by atomic mass is 9.96. The zero-order valence-corrected chi connectivity index (χ0v) is 11.7. The number of furan rings is 1. The number of rotatable bonds is 4. The number of ether oxygens (including phenoxy) is 1. The van der Waals surface area contributed by atoms with Gasteiger partial charge in [0.25, 0.3) is 0 Å².